The third kappa shape index (κ3) is 5.59. The van der Waals surface area contributed by atoms with Gasteiger partial charge in [0, 0.05) is 21.4 Å². The molecule has 1 aliphatic rings. The van der Waals surface area contributed by atoms with Gasteiger partial charge < -0.3 is 10.6 Å². The first-order valence-corrected chi connectivity index (χ1v) is 9.46. The Labute approximate surface area is 159 Å². The van der Waals surface area contributed by atoms with Crippen LogP contribution in [0.3, 0.4) is 0 Å². The normalized spacial score (nSPS) is 19.7. The molecule has 1 fully saturated rings. The van der Waals surface area contributed by atoms with E-state index in [4.69, 9.17) is 0 Å². The minimum absolute atomic E-state index is 0.0917. The summed E-state index contributed by atoms with van der Waals surface area (Å²) in [5.41, 5.74) is 1.60. The first-order valence-electron chi connectivity index (χ1n) is 7.50. The van der Waals surface area contributed by atoms with Crippen molar-refractivity contribution in [2.75, 3.05) is 5.32 Å². The van der Waals surface area contributed by atoms with E-state index in [2.05, 4.69) is 43.4 Å². The Hall–Kier alpha value is -1.42. The fourth-order valence-electron chi connectivity index (χ4n) is 1.74. The lowest BCUT2D eigenvalue weighted by Gasteiger charge is -2.07. The summed E-state index contributed by atoms with van der Waals surface area (Å²) in [6.45, 7) is 5.94. The van der Waals surface area contributed by atoms with Crippen LogP contribution in [0.1, 0.15) is 27.2 Å². The Balaban J connectivity index is 1.92. The summed E-state index contributed by atoms with van der Waals surface area (Å²) in [5.74, 6) is -0.118. The monoisotopic (exact) mass is 458 g/mol. The molecule has 1 saturated heterocycles. The molecule has 24 heavy (non-hydrogen) atoms. The van der Waals surface area contributed by atoms with Gasteiger partial charge in [-0.3, -0.25) is 9.59 Å². The number of carbonyl (C=O) groups excluding carboxylic acids is 2. The van der Waals surface area contributed by atoms with E-state index in [1.807, 2.05) is 45.0 Å². The number of carbonyl (C=O) groups is 2. The summed E-state index contributed by atoms with van der Waals surface area (Å²) in [4.78, 5) is 24.0. The highest BCUT2D eigenvalue weighted by Crippen LogP contribution is 2.23. The van der Waals surface area contributed by atoms with Crippen molar-refractivity contribution in [3.05, 3.63) is 27.8 Å². The maximum atomic E-state index is 12.1. The average Bonchev–Trinajstić information content (AvgIpc) is 2.87. The van der Waals surface area contributed by atoms with Crippen molar-refractivity contribution in [2.24, 2.45) is 16.1 Å². The lowest BCUT2D eigenvalue weighted by molar-refractivity contribution is -0.122. The summed E-state index contributed by atoms with van der Waals surface area (Å²) < 4.78 is 1.09. The average molecular weight is 458 g/mol. The van der Waals surface area contributed by atoms with E-state index in [0.29, 0.717) is 11.1 Å². The van der Waals surface area contributed by atoms with Crippen LogP contribution in [-0.2, 0) is 9.59 Å². The Morgan fingerprint density at radius 2 is 2.04 bits per heavy atom. The molecule has 0 aliphatic carbocycles. The first-order chi connectivity index (χ1) is 11.3. The number of hydrogen-bond acceptors (Lipinski definition) is 5. The molecule has 8 heteroatoms. The summed E-state index contributed by atoms with van der Waals surface area (Å²) in [7, 11) is 0. The molecule has 1 heterocycles. The molecule has 2 rings (SSSR count). The summed E-state index contributed by atoms with van der Waals surface area (Å²) in [5, 5.41) is 13.6. The third-order valence-electron chi connectivity index (χ3n) is 3.41. The lowest BCUT2D eigenvalue weighted by atomic mass is 10.1. The lowest BCUT2D eigenvalue weighted by Crippen LogP contribution is -2.28. The van der Waals surface area contributed by atoms with Gasteiger partial charge in [0.15, 0.2) is 5.17 Å². The van der Waals surface area contributed by atoms with Crippen LogP contribution < -0.4 is 10.6 Å². The number of amidine groups is 1. The number of nitrogens with zero attached hydrogens (tertiary/aromatic N) is 2. The minimum atomic E-state index is -0.484. The predicted octanol–water partition coefficient (Wildman–Crippen LogP) is 3.24. The molecule has 2 amide bonds. The maximum absolute atomic E-state index is 12.1. The van der Waals surface area contributed by atoms with E-state index in [1.54, 1.807) is 0 Å². The Morgan fingerprint density at radius 3 is 2.67 bits per heavy atom. The number of thioether (sulfide) groups is 1. The van der Waals surface area contributed by atoms with E-state index < -0.39 is 5.25 Å². The van der Waals surface area contributed by atoms with Crippen molar-refractivity contribution >= 4 is 62.7 Å². The highest BCUT2D eigenvalue weighted by atomic mass is 127. The number of benzene rings is 1. The van der Waals surface area contributed by atoms with Gasteiger partial charge in [-0.25, -0.2) is 0 Å². The first kappa shape index (κ1) is 18.9. The maximum Gasteiger partial charge on any atom is 0.240 e. The fraction of sp³-hybridized carbons (Fsp3) is 0.375. The van der Waals surface area contributed by atoms with Gasteiger partial charge in [0.25, 0.3) is 0 Å². The largest absolute Gasteiger partial charge is 0.326 e. The number of hydrogen-bond donors (Lipinski definition) is 2. The molecule has 1 atom stereocenters. The van der Waals surface area contributed by atoms with Crippen molar-refractivity contribution in [3.8, 4) is 0 Å². The summed E-state index contributed by atoms with van der Waals surface area (Å²) in [6, 6.07) is 7.48. The zero-order valence-corrected chi connectivity index (χ0v) is 16.6. The Bertz CT molecular complexity index is 686. The van der Waals surface area contributed by atoms with Crippen LogP contribution in [0.2, 0.25) is 0 Å². The van der Waals surface area contributed by atoms with Gasteiger partial charge in [0.1, 0.15) is 5.25 Å². The molecule has 0 spiro atoms. The number of amides is 2. The molecule has 6 nitrogen and oxygen atoms in total. The van der Waals surface area contributed by atoms with Crippen LogP contribution >= 0.6 is 34.4 Å². The number of halogens is 1. The standard InChI is InChI=1S/C16H19IN4O2S/c1-9(2)10(3)20-21-16-19-15(23)13(24-16)8-14(22)18-12-6-4-11(17)5-7-12/h4-7,9,13H,8H2,1-3H3,(H,18,22)(H,19,21,23)/t13-/m1/s1. The highest BCUT2D eigenvalue weighted by Gasteiger charge is 2.32. The molecular weight excluding hydrogens is 439 g/mol. The quantitative estimate of drug-likeness (QED) is 0.404. The smallest absolute Gasteiger partial charge is 0.240 e. The van der Waals surface area contributed by atoms with E-state index in [1.165, 1.54) is 11.8 Å². The molecule has 1 aliphatic heterocycles. The summed E-state index contributed by atoms with van der Waals surface area (Å²) in [6.07, 6.45) is 0.0917. The van der Waals surface area contributed by atoms with Crippen LogP contribution in [0.15, 0.2) is 34.5 Å². The summed E-state index contributed by atoms with van der Waals surface area (Å²) >= 11 is 3.43. The highest BCUT2D eigenvalue weighted by molar-refractivity contribution is 14.1. The van der Waals surface area contributed by atoms with Gasteiger partial charge in [-0.05, 0) is 59.7 Å². The molecule has 0 radical (unpaired) electrons. The molecule has 2 N–H and O–H groups in total. The van der Waals surface area contributed by atoms with Gasteiger partial charge in [0.05, 0.1) is 0 Å². The number of rotatable bonds is 5. The molecular formula is C16H19IN4O2S. The van der Waals surface area contributed by atoms with Gasteiger partial charge in [-0.15, -0.1) is 5.10 Å². The SMILES string of the molecule is CC(=NN=C1NC(=O)[C@@H](CC(=O)Nc2ccc(I)cc2)S1)C(C)C. The molecule has 0 saturated carbocycles. The van der Waals surface area contributed by atoms with Crippen LogP contribution in [0.5, 0.6) is 0 Å². The van der Waals surface area contributed by atoms with Gasteiger partial charge in [-0.1, -0.05) is 25.6 Å². The molecule has 0 unspecified atom stereocenters. The third-order valence-corrected chi connectivity index (χ3v) is 5.20. The molecule has 1 aromatic carbocycles. The minimum Gasteiger partial charge on any atom is -0.326 e. The number of anilines is 1. The van der Waals surface area contributed by atoms with E-state index >= 15 is 0 Å². The van der Waals surface area contributed by atoms with Crippen molar-refractivity contribution in [1.29, 1.82) is 0 Å². The second kappa shape index (κ2) is 8.61. The zero-order chi connectivity index (χ0) is 17.7. The van der Waals surface area contributed by atoms with Crippen LogP contribution in [-0.4, -0.2) is 27.9 Å². The zero-order valence-electron chi connectivity index (χ0n) is 13.7. The molecule has 1 aromatic rings. The second-order valence-electron chi connectivity index (χ2n) is 5.66. The Morgan fingerprint density at radius 1 is 1.38 bits per heavy atom. The topological polar surface area (TPSA) is 82.9 Å². The number of nitrogens with one attached hydrogen (secondary N) is 2. The van der Waals surface area contributed by atoms with Crippen LogP contribution in [0.25, 0.3) is 0 Å². The van der Waals surface area contributed by atoms with Gasteiger partial charge in [-0.2, -0.15) is 5.10 Å². The van der Waals surface area contributed by atoms with Crippen molar-refractivity contribution in [2.45, 2.75) is 32.4 Å². The van der Waals surface area contributed by atoms with E-state index in [0.717, 1.165) is 15.0 Å². The van der Waals surface area contributed by atoms with Crippen molar-refractivity contribution in [3.63, 3.8) is 0 Å². The van der Waals surface area contributed by atoms with E-state index in [9.17, 15) is 9.59 Å². The van der Waals surface area contributed by atoms with Crippen LogP contribution in [0, 0.1) is 9.49 Å². The van der Waals surface area contributed by atoms with Crippen molar-refractivity contribution < 1.29 is 9.59 Å². The predicted molar refractivity (Wildman–Crippen MR) is 107 cm³/mol. The van der Waals surface area contributed by atoms with Gasteiger partial charge in [0.2, 0.25) is 11.8 Å². The Kier molecular flexibility index (Phi) is 6.79. The molecule has 0 aromatic heterocycles. The fourth-order valence-corrected chi connectivity index (χ4v) is 3.02. The second-order valence-corrected chi connectivity index (χ2v) is 8.09. The van der Waals surface area contributed by atoms with Crippen LogP contribution in [0.4, 0.5) is 5.69 Å². The molecule has 128 valence electrons. The van der Waals surface area contributed by atoms with E-state index in [-0.39, 0.29) is 18.2 Å². The van der Waals surface area contributed by atoms with Crippen molar-refractivity contribution in [1.82, 2.24) is 5.32 Å². The molecule has 0 bridgehead atoms. The van der Waals surface area contributed by atoms with Gasteiger partial charge >= 0.3 is 0 Å².